The van der Waals surface area contributed by atoms with Crippen molar-refractivity contribution in [3.63, 3.8) is 0 Å². The van der Waals surface area contributed by atoms with Crippen molar-refractivity contribution < 1.29 is 23.1 Å². The van der Waals surface area contributed by atoms with Crippen molar-refractivity contribution in [2.24, 2.45) is 0 Å². The molecule has 7 heteroatoms. The van der Waals surface area contributed by atoms with Gasteiger partial charge in [0.1, 0.15) is 5.75 Å². The molecule has 1 aromatic carbocycles. The second kappa shape index (κ2) is 7.04. The molecule has 2 N–H and O–H groups in total. The molecule has 1 atom stereocenters. The fourth-order valence-electron chi connectivity index (χ4n) is 1.60. The van der Waals surface area contributed by atoms with E-state index in [9.17, 15) is 18.0 Å². The average molecular weight is 299 g/mol. The highest BCUT2D eigenvalue weighted by molar-refractivity contribution is 7.92. The monoisotopic (exact) mass is 299 g/mol. The Morgan fingerprint density at radius 3 is 2.35 bits per heavy atom. The number of nitrogens with one attached hydrogen (secondary N) is 1. The molecule has 0 bridgehead atoms. The first-order valence-corrected chi connectivity index (χ1v) is 7.92. The summed E-state index contributed by atoms with van der Waals surface area (Å²) in [7, 11) is -3.41. The Hall–Kier alpha value is -1.89. The number of carboxylic acids is 1. The van der Waals surface area contributed by atoms with Gasteiger partial charge in [-0.2, -0.15) is 0 Å². The van der Waals surface area contributed by atoms with E-state index in [1.165, 1.54) is 6.92 Å². The number of hydrogen-bond acceptors (Lipinski definition) is 4. The molecule has 1 aromatic rings. The second-order valence-electron chi connectivity index (χ2n) is 4.28. The van der Waals surface area contributed by atoms with Crippen LogP contribution in [-0.4, -0.2) is 43.5 Å². The molecule has 0 heterocycles. The first-order valence-electron chi connectivity index (χ1n) is 6.10. The molecule has 0 aliphatic carbocycles. The van der Waals surface area contributed by atoms with Crippen LogP contribution in [0.5, 0.6) is 0 Å². The number of sulfone groups is 1. The molecule has 110 valence electrons. The number of rotatable bonds is 7. The molecule has 1 unspecified atom stereocenters. The fraction of sp³-hybridized carbons (Fsp3) is 0.385. The first kappa shape index (κ1) is 16.2. The molecule has 0 saturated heterocycles. The Labute approximate surface area is 117 Å². The van der Waals surface area contributed by atoms with Gasteiger partial charge in [0, 0.05) is 12.3 Å². The van der Waals surface area contributed by atoms with Gasteiger partial charge in [-0.05, 0) is 5.56 Å². The maximum absolute atomic E-state index is 11.5. The standard InChI is InChI=1S/C13H17NO5S/c1-2-20(18,19)9-12(15)14-8-11(13(16)17)10-6-4-3-5-7-10/h3-7,11H,2,8-9H2,1H3,(H,14,15)(H,16,17). The van der Waals surface area contributed by atoms with Gasteiger partial charge in [0.05, 0.1) is 5.92 Å². The van der Waals surface area contributed by atoms with Crippen LogP contribution < -0.4 is 5.32 Å². The molecule has 1 amide bonds. The van der Waals surface area contributed by atoms with E-state index in [0.29, 0.717) is 5.56 Å². The third kappa shape index (κ3) is 5.00. The number of benzene rings is 1. The Bertz CT molecular complexity index is 568. The Kier molecular flexibility index (Phi) is 5.69. The van der Waals surface area contributed by atoms with Crippen LogP contribution in [0.15, 0.2) is 30.3 Å². The smallest absolute Gasteiger partial charge is 0.312 e. The lowest BCUT2D eigenvalue weighted by molar-refractivity contribution is -0.138. The maximum atomic E-state index is 11.5. The minimum Gasteiger partial charge on any atom is -0.481 e. The maximum Gasteiger partial charge on any atom is 0.312 e. The van der Waals surface area contributed by atoms with Crippen molar-refractivity contribution in [1.82, 2.24) is 5.32 Å². The summed E-state index contributed by atoms with van der Waals surface area (Å²) in [4.78, 5) is 22.7. The van der Waals surface area contributed by atoms with E-state index in [4.69, 9.17) is 5.11 Å². The Morgan fingerprint density at radius 1 is 1.25 bits per heavy atom. The molecular weight excluding hydrogens is 282 g/mol. The topological polar surface area (TPSA) is 101 Å². The van der Waals surface area contributed by atoms with Gasteiger partial charge in [-0.15, -0.1) is 0 Å². The number of amides is 1. The van der Waals surface area contributed by atoms with Gasteiger partial charge in [-0.3, -0.25) is 9.59 Å². The van der Waals surface area contributed by atoms with Gasteiger partial charge in [0.2, 0.25) is 5.91 Å². The highest BCUT2D eigenvalue weighted by Crippen LogP contribution is 2.14. The van der Waals surface area contributed by atoms with Crippen LogP contribution >= 0.6 is 0 Å². The van der Waals surface area contributed by atoms with E-state index in [1.807, 2.05) is 0 Å². The van der Waals surface area contributed by atoms with Crippen LogP contribution in [0, 0.1) is 0 Å². The summed E-state index contributed by atoms with van der Waals surface area (Å²) in [5, 5.41) is 11.5. The van der Waals surface area contributed by atoms with E-state index in [2.05, 4.69) is 5.32 Å². The molecule has 0 saturated carbocycles. The Balaban J connectivity index is 2.66. The molecule has 0 spiro atoms. The third-order valence-corrected chi connectivity index (χ3v) is 4.38. The predicted molar refractivity (Wildman–Crippen MR) is 74.2 cm³/mol. The summed E-state index contributed by atoms with van der Waals surface area (Å²) in [6, 6.07) is 8.46. The van der Waals surface area contributed by atoms with Crippen LogP contribution in [0.2, 0.25) is 0 Å². The SMILES string of the molecule is CCS(=O)(=O)CC(=O)NCC(C(=O)O)c1ccccc1. The zero-order chi connectivity index (χ0) is 15.2. The van der Waals surface area contributed by atoms with Crippen molar-refractivity contribution in [2.45, 2.75) is 12.8 Å². The molecule has 0 radical (unpaired) electrons. The number of aliphatic carboxylic acids is 1. The van der Waals surface area contributed by atoms with E-state index in [-0.39, 0.29) is 12.3 Å². The first-order chi connectivity index (χ1) is 9.35. The lowest BCUT2D eigenvalue weighted by Crippen LogP contribution is -2.35. The van der Waals surface area contributed by atoms with Crippen molar-refractivity contribution >= 4 is 21.7 Å². The zero-order valence-electron chi connectivity index (χ0n) is 11.1. The van der Waals surface area contributed by atoms with E-state index >= 15 is 0 Å². The van der Waals surface area contributed by atoms with Gasteiger partial charge >= 0.3 is 5.97 Å². The van der Waals surface area contributed by atoms with Crippen LogP contribution in [0.1, 0.15) is 18.4 Å². The molecule has 6 nitrogen and oxygen atoms in total. The van der Waals surface area contributed by atoms with Gasteiger partial charge in [-0.25, -0.2) is 8.42 Å². The second-order valence-corrected chi connectivity index (χ2v) is 6.64. The van der Waals surface area contributed by atoms with Crippen molar-refractivity contribution in [1.29, 1.82) is 0 Å². The van der Waals surface area contributed by atoms with Crippen LogP contribution in [0.3, 0.4) is 0 Å². The van der Waals surface area contributed by atoms with Gasteiger partial charge < -0.3 is 10.4 Å². The van der Waals surface area contributed by atoms with Crippen LogP contribution in [0.25, 0.3) is 0 Å². The predicted octanol–water partition coefficient (Wildman–Crippen LogP) is 0.406. The quantitative estimate of drug-likeness (QED) is 0.759. The molecule has 20 heavy (non-hydrogen) atoms. The molecule has 0 aliphatic rings. The summed E-state index contributed by atoms with van der Waals surface area (Å²) in [5.41, 5.74) is 0.554. The highest BCUT2D eigenvalue weighted by atomic mass is 32.2. The van der Waals surface area contributed by atoms with Crippen LogP contribution in [0.4, 0.5) is 0 Å². The number of carboxylic acid groups (broad SMARTS) is 1. The molecule has 1 rings (SSSR count). The minimum atomic E-state index is -3.41. The van der Waals surface area contributed by atoms with Gasteiger partial charge in [0.15, 0.2) is 9.84 Å². The summed E-state index contributed by atoms with van der Waals surface area (Å²) in [5.74, 6) is -3.40. The summed E-state index contributed by atoms with van der Waals surface area (Å²) >= 11 is 0. The summed E-state index contributed by atoms with van der Waals surface area (Å²) < 4.78 is 22.6. The summed E-state index contributed by atoms with van der Waals surface area (Å²) in [6.45, 7) is 1.31. The van der Waals surface area contributed by atoms with Gasteiger partial charge in [0.25, 0.3) is 0 Å². The normalized spacial score (nSPS) is 12.7. The number of hydrogen-bond donors (Lipinski definition) is 2. The third-order valence-electron chi connectivity index (χ3n) is 2.79. The molecule has 0 fully saturated rings. The van der Waals surface area contributed by atoms with Gasteiger partial charge in [-0.1, -0.05) is 37.3 Å². The molecule has 0 aliphatic heterocycles. The lowest BCUT2D eigenvalue weighted by Gasteiger charge is -2.13. The molecular formula is C13H17NO5S. The average Bonchev–Trinajstić information content (AvgIpc) is 2.39. The number of carbonyl (C=O) groups is 2. The van der Waals surface area contributed by atoms with E-state index in [0.717, 1.165) is 0 Å². The fourth-order valence-corrected chi connectivity index (χ4v) is 2.31. The van der Waals surface area contributed by atoms with Crippen molar-refractivity contribution in [3.8, 4) is 0 Å². The largest absolute Gasteiger partial charge is 0.481 e. The van der Waals surface area contributed by atoms with Crippen LogP contribution in [-0.2, 0) is 19.4 Å². The Morgan fingerprint density at radius 2 is 1.85 bits per heavy atom. The van der Waals surface area contributed by atoms with Crippen molar-refractivity contribution in [3.05, 3.63) is 35.9 Å². The van der Waals surface area contributed by atoms with Crippen molar-refractivity contribution in [2.75, 3.05) is 18.1 Å². The van der Waals surface area contributed by atoms with E-state index in [1.54, 1.807) is 30.3 Å². The minimum absolute atomic E-state index is 0.124. The van der Waals surface area contributed by atoms with E-state index < -0.39 is 33.4 Å². The lowest BCUT2D eigenvalue weighted by atomic mass is 9.99. The summed E-state index contributed by atoms with van der Waals surface area (Å²) in [6.07, 6.45) is 0. The zero-order valence-corrected chi connectivity index (χ0v) is 11.9. The molecule has 0 aromatic heterocycles. The number of carbonyl (C=O) groups excluding carboxylic acids is 1. The highest BCUT2D eigenvalue weighted by Gasteiger charge is 2.21.